The lowest BCUT2D eigenvalue weighted by Crippen LogP contribution is -3.27. The normalized spacial score (nSPS) is 19.2. The summed E-state index contributed by atoms with van der Waals surface area (Å²) < 4.78 is 26.4. The number of pyridine rings is 1. The zero-order valence-electron chi connectivity index (χ0n) is 16.2. The van der Waals surface area contributed by atoms with Gasteiger partial charge < -0.3 is 19.0 Å². The zero-order valence-corrected chi connectivity index (χ0v) is 17.0. The average Bonchev–Trinajstić information content (AvgIpc) is 3.11. The largest absolute Gasteiger partial charge is 0.496 e. The van der Waals surface area contributed by atoms with Gasteiger partial charge in [-0.3, -0.25) is 4.98 Å². The van der Waals surface area contributed by atoms with E-state index in [1.807, 2.05) is 12.1 Å². The molecule has 1 aliphatic heterocycles. The van der Waals surface area contributed by atoms with E-state index in [2.05, 4.69) is 10.1 Å². The molecule has 0 unspecified atom stereocenters. The molecule has 29 heavy (non-hydrogen) atoms. The molecular weight excluding hydrogens is 393 g/mol. The van der Waals surface area contributed by atoms with Crippen molar-refractivity contribution in [1.82, 2.24) is 14.8 Å². The molecule has 1 saturated heterocycles. The number of benzene rings is 1. The highest BCUT2D eigenvalue weighted by Crippen LogP contribution is 2.18. The number of rotatable bonds is 6. The summed E-state index contributed by atoms with van der Waals surface area (Å²) in [5.74, 6) is 1.00. The topological polar surface area (TPSA) is 62.0 Å². The highest BCUT2D eigenvalue weighted by Gasteiger charge is 2.25. The first-order valence-electron chi connectivity index (χ1n) is 9.60. The van der Waals surface area contributed by atoms with Crippen LogP contribution >= 0.6 is 12.2 Å². The van der Waals surface area contributed by atoms with Crippen LogP contribution in [0.2, 0.25) is 0 Å². The zero-order chi connectivity index (χ0) is 20.2. The summed E-state index contributed by atoms with van der Waals surface area (Å²) in [6.45, 7) is 5.33. The number of hydrogen-bond donors (Lipinski definition) is 2. The number of methoxy groups -OCH3 is 1. The maximum Gasteiger partial charge on any atom is 0.292 e. The Kier molecular flexibility index (Phi) is 5.98. The Labute approximate surface area is 173 Å². The molecule has 4 rings (SSSR count). The number of quaternary nitrogens is 2. The third kappa shape index (κ3) is 4.69. The van der Waals surface area contributed by atoms with Crippen molar-refractivity contribution >= 4 is 12.2 Å². The van der Waals surface area contributed by atoms with Gasteiger partial charge in [0.15, 0.2) is 6.67 Å². The van der Waals surface area contributed by atoms with Crippen LogP contribution in [0.3, 0.4) is 0 Å². The van der Waals surface area contributed by atoms with Gasteiger partial charge in [0.2, 0.25) is 5.89 Å². The van der Waals surface area contributed by atoms with Crippen molar-refractivity contribution in [2.75, 3.05) is 33.3 Å². The molecule has 0 spiro atoms. The second kappa shape index (κ2) is 8.81. The summed E-state index contributed by atoms with van der Waals surface area (Å²) in [4.78, 5) is 7.27. The number of hydrogen-bond acceptors (Lipinski definition) is 5. The second-order valence-corrected chi connectivity index (χ2v) is 7.55. The fourth-order valence-corrected chi connectivity index (χ4v) is 3.85. The standard InChI is InChI=1S/C20H22FN5O2S/c1-27-18-5-4-17(21)11-16(18)13-24-7-9-25(10-8-24)14-26-20(29)28-19(23-26)15-3-2-6-22-12-15/h2-6,11-12H,7-10,13-14H2,1H3/p+2. The van der Waals surface area contributed by atoms with Crippen molar-refractivity contribution in [3.05, 3.63) is 58.9 Å². The van der Waals surface area contributed by atoms with E-state index in [0.29, 0.717) is 17.4 Å². The van der Waals surface area contributed by atoms with Gasteiger partial charge in [-0.25, -0.2) is 4.39 Å². The number of nitrogens with zero attached hydrogens (tertiary/aromatic N) is 3. The summed E-state index contributed by atoms with van der Waals surface area (Å²) in [5, 5.41) is 4.51. The molecule has 152 valence electrons. The van der Waals surface area contributed by atoms with E-state index < -0.39 is 0 Å². The Hall–Kier alpha value is -2.62. The van der Waals surface area contributed by atoms with Crippen LogP contribution in [0.25, 0.3) is 11.5 Å². The van der Waals surface area contributed by atoms with Gasteiger partial charge in [-0.15, -0.1) is 5.10 Å². The molecule has 2 aromatic heterocycles. The average molecular weight is 418 g/mol. The Morgan fingerprint density at radius 1 is 1.21 bits per heavy atom. The van der Waals surface area contributed by atoms with E-state index in [9.17, 15) is 4.39 Å². The lowest BCUT2D eigenvalue weighted by Gasteiger charge is -2.29. The van der Waals surface area contributed by atoms with E-state index in [1.165, 1.54) is 15.9 Å². The summed E-state index contributed by atoms with van der Waals surface area (Å²) in [5.41, 5.74) is 1.72. The number of nitrogens with one attached hydrogen (secondary N) is 2. The van der Waals surface area contributed by atoms with Crippen LogP contribution in [0.1, 0.15) is 5.56 Å². The SMILES string of the molecule is COc1ccc(F)cc1C[NH+]1CC[NH+](Cn2nc(-c3cccnc3)oc2=S)CC1. The minimum atomic E-state index is -0.228. The van der Waals surface area contributed by atoms with Gasteiger partial charge in [0.25, 0.3) is 4.84 Å². The van der Waals surface area contributed by atoms with Crippen molar-refractivity contribution in [2.45, 2.75) is 13.2 Å². The maximum absolute atomic E-state index is 13.6. The molecule has 0 saturated carbocycles. The maximum atomic E-state index is 13.6. The first kappa shape index (κ1) is 19.7. The third-order valence-corrected chi connectivity index (χ3v) is 5.53. The van der Waals surface area contributed by atoms with E-state index in [4.69, 9.17) is 21.4 Å². The molecule has 3 heterocycles. The van der Waals surface area contributed by atoms with Gasteiger partial charge in [-0.1, -0.05) is 0 Å². The van der Waals surface area contributed by atoms with Gasteiger partial charge in [0.1, 0.15) is 44.3 Å². The molecule has 0 bridgehead atoms. The van der Waals surface area contributed by atoms with Gasteiger partial charge in [-0.05, 0) is 42.5 Å². The van der Waals surface area contributed by atoms with Crippen LogP contribution in [0, 0.1) is 10.7 Å². The molecule has 0 radical (unpaired) electrons. The predicted molar refractivity (Wildman–Crippen MR) is 107 cm³/mol. The fraction of sp³-hybridized carbons (Fsp3) is 0.350. The number of ether oxygens (including phenoxy) is 1. The number of aromatic nitrogens is 3. The first-order chi connectivity index (χ1) is 14.1. The highest BCUT2D eigenvalue weighted by molar-refractivity contribution is 7.71. The molecule has 0 aliphatic carbocycles. The van der Waals surface area contributed by atoms with Crippen molar-refractivity contribution in [1.29, 1.82) is 0 Å². The Morgan fingerprint density at radius 3 is 2.72 bits per heavy atom. The van der Waals surface area contributed by atoms with Crippen molar-refractivity contribution < 1.29 is 23.3 Å². The summed E-state index contributed by atoms with van der Waals surface area (Å²) >= 11 is 5.34. The molecule has 9 heteroatoms. The molecule has 0 atom stereocenters. The molecule has 1 aromatic carbocycles. The molecule has 1 aliphatic rings. The second-order valence-electron chi connectivity index (χ2n) is 7.21. The lowest BCUT2D eigenvalue weighted by atomic mass is 10.1. The molecule has 2 N–H and O–H groups in total. The van der Waals surface area contributed by atoms with Crippen LogP contribution in [-0.2, 0) is 13.2 Å². The number of halogens is 1. The molecule has 1 fully saturated rings. The number of piperazine rings is 1. The minimum absolute atomic E-state index is 0.228. The summed E-state index contributed by atoms with van der Waals surface area (Å²) in [7, 11) is 1.62. The Morgan fingerprint density at radius 2 is 2.00 bits per heavy atom. The van der Waals surface area contributed by atoms with Gasteiger partial charge in [0.05, 0.1) is 18.2 Å². The third-order valence-electron chi connectivity index (χ3n) is 5.24. The van der Waals surface area contributed by atoms with Crippen LogP contribution in [0.15, 0.2) is 47.1 Å². The quantitative estimate of drug-likeness (QED) is 0.567. The van der Waals surface area contributed by atoms with Gasteiger partial charge in [-0.2, -0.15) is 4.68 Å². The minimum Gasteiger partial charge on any atom is -0.496 e. The van der Waals surface area contributed by atoms with E-state index in [0.717, 1.165) is 49.6 Å². The van der Waals surface area contributed by atoms with Crippen LogP contribution in [-0.4, -0.2) is 48.1 Å². The van der Waals surface area contributed by atoms with Gasteiger partial charge >= 0.3 is 0 Å². The van der Waals surface area contributed by atoms with Crippen molar-refractivity contribution in [2.24, 2.45) is 0 Å². The highest BCUT2D eigenvalue weighted by atomic mass is 32.1. The van der Waals surface area contributed by atoms with Crippen molar-refractivity contribution in [3.63, 3.8) is 0 Å². The lowest BCUT2D eigenvalue weighted by molar-refractivity contribution is -1.03. The Bertz CT molecular complexity index is 1020. The van der Waals surface area contributed by atoms with E-state index in [1.54, 1.807) is 36.3 Å². The Balaban J connectivity index is 1.36. The van der Waals surface area contributed by atoms with Gasteiger partial charge in [0, 0.05) is 12.4 Å². The van der Waals surface area contributed by atoms with E-state index in [-0.39, 0.29) is 5.82 Å². The molecule has 3 aromatic rings. The summed E-state index contributed by atoms with van der Waals surface area (Å²) in [6.07, 6.45) is 3.42. The summed E-state index contributed by atoms with van der Waals surface area (Å²) in [6, 6.07) is 8.43. The smallest absolute Gasteiger partial charge is 0.292 e. The predicted octanol–water partition coefficient (Wildman–Crippen LogP) is 0.356. The monoisotopic (exact) mass is 417 g/mol. The van der Waals surface area contributed by atoms with Crippen LogP contribution < -0.4 is 14.5 Å². The van der Waals surface area contributed by atoms with Crippen molar-refractivity contribution in [3.8, 4) is 17.2 Å². The first-order valence-corrected chi connectivity index (χ1v) is 10.0. The molecular formula is C20H24FN5O2S+2. The molecule has 0 amide bonds. The fourth-order valence-electron chi connectivity index (χ4n) is 3.67. The van der Waals surface area contributed by atoms with E-state index >= 15 is 0 Å². The van der Waals surface area contributed by atoms with Crippen LogP contribution in [0.5, 0.6) is 5.75 Å². The van der Waals surface area contributed by atoms with Crippen LogP contribution in [0.4, 0.5) is 4.39 Å². The molecule has 7 nitrogen and oxygen atoms in total.